The maximum atomic E-state index is 4.89. The molecule has 2 atom stereocenters. The van der Waals surface area contributed by atoms with E-state index < -0.39 is 0 Å². The van der Waals surface area contributed by atoms with Gasteiger partial charge in [0.25, 0.3) is 0 Å². The number of likely N-dealkylation sites (N-methyl/N-ethyl adjacent to an activating group) is 1. The van der Waals surface area contributed by atoms with Crippen molar-refractivity contribution in [2.24, 2.45) is 0 Å². The Bertz CT molecular complexity index is 79.7. The minimum absolute atomic E-state index is 0.188. The van der Waals surface area contributed by atoms with Crippen LogP contribution in [0.2, 0.25) is 0 Å². The van der Waals surface area contributed by atoms with Gasteiger partial charge in [0.05, 0.1) is 6.10 Å². The molecule has 0 unspecified atom stereocenters. The lowest BCUT2D eigenvalue weighted by Crippen LogP contribution is -2.37. The molecule has 0 saturated heterocycles. The first kappa shape index (κ1) is 10.3. The fraction of sp³-hybridized carbons (Fsp3) is 1.00. The van der Waals surface area contributed by atoms with Crippen LogP contribution in [-0.2, 0) is 4.18 Å². The molecule has 0 radical (unpaired) electrons. The predicted molar refractivity (Wildman–Crippen MR) is 47.3 cm³/mol. The quantitative estimate of drug-likeness (QED) is 0.499. The number of hydrogen-bond acceptors (Lipinski definition) is 3. The normalized spacial score (nSPS) is 17.4. The standard InChI is InChI=1S/C7H17NOS/c1-5-8(4)6(2)7(3)9-10/h6-7,10H,5H2,1-4H3/t6-,7-/m1/s1. The molecule has 10 heavy (non-hydrogen) atoms. The average molecular weight is 163 g/mol. The van der Waals surface area contributed by atoms with Crippen molar-refractivity contribution in [1.82, 2.24) is 4.90 Å². The highest BCUT2D eigenvalue weighted by Gasteiger charge is 2.14. The van der Waals surface area contributed by atoms with Gasteiger partial charge in [-0.25, -0.2) is 0 Å². The zero-order valence-corrected chi connectivity index (χ0v) is 8.06. The molecule has 0 amide bonds. The summed E-state index contributed by atoms with van der Waals surface area (Å²) in [7, 11) is 2.08. The first-order valence-corrected chi connectivity index (χ1v) is 4.00. The lowest BCUT2D eigenvalue weighted by molar-refractivity contribution is 0.130. The van der Waals surface area contributed by atoms with Crippen LogP contribution in [0.4, 0.5) is 0 Å². The smallest absolute Gasteiger partial charge is 0.0843 e. The predicted octanol–water partition coefficient (Wildman–Crippen LogP) is 1.58. The first-order valence-electron chi connectivity index (χ1n) is 3.64. The fourth-order valence-corrected chi connectivity index (χ4v) is 0.911. The molecule has 0 aromatic carbocycles. The highest BCUT2D eigenvalue weighted by molar-refractivity contribution is 7.75. The van der Waals surface area contributed by atoms with Crippen molar-refractivity contribution < 1.29 is 4.18 Å². The Morgan fingerprint density at radius 2 is 2.00 bits per heavy atom. The molecule has 3 heteroatoms. The molecule has 0 rings (SSSR count). The van der Waals surface area contributed by atoms with Crippen LogP contribution < -0.4 is 0 Å². The van der Waals surface area contributed by atoms with Crippen molar-refractivity contribution in [2.75, 3.05) is 13.6 Å². The summed E-state index contributed by atoms with van der Waals surface area (Å²) < 4.78 is 4.89. The first-order chi connectivity index (χ1) is 4.63. The molecule has 0 N–H and O–H groups in total. The highest BCUT2D eigenvalue weighted by atomic mass is 32.1. The average Bonchev–Trinajstić information content (AvgIpc) is 2.00. The van der Waals surface area contributed by atoms with Gasteiger partial charge < -0.3 is 9.08 Å². The lowest BCUT2D eigenvalue weighted by atomic mass is 10.2. The van der Waals surface area contributed by atoms with E-state index in [1.807, 2.05) is 6.92 Å². The summed E-state index contributed by atoms with van der Waals surface area (Å²) in [6.45, 7) is 7.32. The van der Waals surface area contributed by atoms with Crippen LogP contribution in [0.1, 0.15) is 20.8 Å². The zero-order chi connectivity index (χ0) is 8.15. The maximum absolute atomic E-state index is 4.89. The Balaban J connectivity index is 3.69. The number of thiol groups is 1. The van der Waals surface area contributed by atoms with E-state index in [-0.39, 0.29) is 6.10 Å². The van der Waals surface area contributed by atoms with Crippen LogP contribution in [0.15, 0.2) is 0 Å². The van der Waals surface area contributed by atoms with Gasteiger partial charge in [0.1, 0.15) is 0 Å². The Morgan fingerprint density at radius 3 is 2.30 bits per heavy atom. The summed E-state index contributed by atoms with van der Waals surface area (Å²) in [5.41, 5.74) is 0. The second-order valence-corrected chi connectivity index (χ2v) is 2.84. The second-order valence-electron chi connectivity index (χ2n) is 2.62. The molecule has 0 saturated carbocycles. The van der Waals surface area contributed by atoms with Gasteiger partial charge in [-0.15, -0.1) is 0 Å². The molecule has 0 aliphatic carbocycles. The van der Waals surface area contributed by atoms with Gasteiger partial charge in [-0.1, -0.05) is 6.92 Å². The third-order valence-electron chi connectivity index (χ3n) is 2.04. The number of hydrogen-bond donors (Lipinski definition) is 1. The van der Waals surface area contributed by atoms with Crippen molar-refractivity contribution in [3.63, 3.8) is 0 Å². The van der Waals surface area contributed by atoms with Gasteiger partial charge in [0, 0.05) is 6.04 Å². The Labute approximate surface area is 69.2 Å². The molecule has 0 fully saturated rings. The summed E-state index contributed by atoms with van der Waals surface area (Å²) >= 11 is 3.76. The molecular weight excluding hydrogens is 146 g/mol. The van der Waals surface area contributed by atoms with E-state index in [1.165, 1.54) is 0 Å². The molecule has 0 bridgehead atoms. The van der Waals surface area contributed by atoms with Crippen molar-refractivity contribution in [1.29, 1.82) is 0 Å². The molecule has 0 heterocycles. The van der Waals surface area contributed by atoms with E-state index >= 15 is 0 Å². The van der Waals surface area contributed by atoms with Crippen LogP contribution in [0.5, 0.6) is 0 Å². The summed E-state index contributed by atoms with van der Waals surface area (Å²) in [5, 5.41) is 0. The molecule has 0 spiro atoms. The third-order valence-corrected chi connectivity index (χ3v) is 2.37. The van der Waals surface area contributed by atoms with Gasteiger partial charge >= 0.3 is 0 Å². The van der Waals surface area contributed by atoms with Crippen molar-refractivity contribution in [3.05, 3.63) is 0 Å². The topological polar surface area (TPSA) is 12.5 Å². The Morgan fingerprint density at radius 1 is 1.50 bits per heavy atom. The maximum Gasteiger partial charge on any atom is 0.0843 e. The van der Waals surface area contributed by atoms with Crippen LogP contribution >= 0.6 is 12.9 Å². The van der Waals surface area contributed by atoms with E-state index in [0.29, 0.717) is 6.04 Å². The summed E-state index contributed by atoms with van der Waals surface area (Å²) in [6, 6.07) is 0.433. The largest absolute Gasteiger partial charge is 0.314 e. The molecule has 0 aromatic rings. The fourth-order valence-electron chi connectivity index (χ4n) is 0.734. The van der Waals surface area contributed by atoms with Crippen LogP contribution in [-0.4, -0.2) is 30.6 Å². The molecule has 0 aromatic heterocycles. The minimum atomic E-state index is 0.188. The van der Waals surface area contributed by atoms with Crippen molar-refractivity contribution in [3.8, 4) is 0 Å². The molecular formula is C7H17NOS. The van der Waals surface area contributed by atoms with Crippen molar-refractivity contribution >= 4 is 12.9 Å². The monoisotopic (exact) mass is 163 g/mol. The van der Waals surface area contributed by atoms with Crippen LogP contribution in [0.3, 0.4) is 0 Å². The van der Waals surface area contributed by atoms with Crippen LogP contribution in [0.25, 0.3) is 0 Å². The summed E-state index contributed by atoms with van der Waals surface area (Å²) in [5.74, 6) is 0. The van der Waals surface area contributed by atoms with Gasteiger partial charge in [-0.2, -0.15) is 0 Å². The van der Waals surface area contributed by atoms with Gasteiger partial charge in [0.2, 0.25) is 0 Å². The molecule has 2 nitrogen and oxygen atoms in total. The zero-order valence-electron chi connectivity index (χ0n) is 7.16. The molecule has 0 aliphatic rings. The minimum Gasteiger partial charge on any atom is -0.314 e. The summed E-state index contributed by atoms with van der Waals surface area (Å²) in [4.78, 5) is 2.22. The SMILES string of the molecule is CCN(C)[C@H](C)[C@@H](C)OS. The van der Waals surface area contributed by atoms with E-state index in [4.69, 9.17) is 4.18 Å². The van der Waals surface area contributed by atoms with Gasteiger partial charge in [-0.3, -0.25) is 0 Å². The summed E-state index contributed by atoms with van der Waals surface area (Å²) in [6.07, 6.45) is 0.188. The van der Waals surface area contributed by atoms with Crippen molar-refractivity contribution in [2.45, 2.75) is 32.9 Å². The Hall–Kier alpha value is 0.270. The van der Waals surface area contributed by atoms with E-state index in [2.05, 4.69) is 38.7 Å². The van der Waals surface area contributed by atoms with E-state index in [0.717, 1.165) is 6.54 Å². The Kier molecular flexibility index (Phi) is 5.13. The van der Waals surface area contributed by atoms with Crippen LogP contribution in [0, 0.1) is 0 Å². The molecule has 0 aliphatic heterocycles. The van der Waals surface area contributed by atoms with E-state index in [1.54, 1.807) is 0 Å². The second kappa shape index (κ2) is 4.99. The third kappa shape index (κ3) is 2.90. The molecule has 62 valence electrons. The van der Waals surface area contributed by atoms with Gasteiger partial charge in [0.15, 0.2) is 0 Å². The number of rotatable bonds is 4. The van der Waals surface area contributed by atoms with E-state index in [9.17, 15) is 0 Å². The number of nitrogens with zero attached hydrogens (tertiary/aromatic N) is 1. The lowest BCUT2D eigenvalue weighted by Gasteiger charge is -2.26. The highest BCUT2D eigenvalue weighted by Crippen LogP contribution is 2.05. The van der Waals surface area contributed by atoms with Gasteiger partial charge in [-0.05, 0) is 40.3 Å².